The van der Waals surface area contributed by atoms with Gasteiger partial charge in [-0.3, -0.25) is 30.2 Å². The van der Waals surface area contributed by atoms with Gasteiger partial charge in [0.05, 0.1) is 11.3 Å². The number of hydrazone groups is 1. The van der Waals surface area contributed by atoms with Crippen LogP contribution in [0.4, 0.5) is 0 Å². The van der Waals surface area contributed by atoms with E-state index in [-0.39, 0.29) is 11.5 Å². The van der Waals surface area contributed by atoms with Crippen LogP contribution in [-0.2, 0) is 6.42 Å². The summed E-state index contributed by atoms with van der Waals surface area (Å²) in [7, 11) is 0. The van der Waals surface area contributed by atoms with Crippen LogP contribution in [0.2, 0.25) is 0 Å². The first-order valence-corrected chi connectivity index (χ1v) is 11.0. The highest BCUT2D eigenvalue weighted by Crippen LogP contribution is 2.29. The Morgan fingerprint density at radius 1 is 1.00 bits per heavy atom. The van der Waals surface area contributed by atoms with E-state index in [0.717, 1.165) is 6.42 Å². The number of hydrogen-bond acceptors (Lipinski definition) is 6. The average Bonchev–Trinajstić information content (AvgIpc) is 3.18. The molecule has 0 fully saturated rings. The zero-order chi connectivity index (χ0) is 23.4. The van der Waals surface area contributed by atoms with Crippen LogP contribution in [0.5, 0.6) is 0 Å². The minimum Gasteiger partial charge on any atom is -0.455 e. The van der Waals surface area contributed by atoms with Crippen molar-refractivity contribution in [1.82, 2.24) is 21.3 Å². The molecule has 0 bridgehead atoms. The van der Waals surface area contributed by atoms with Crippen molar-refractivity contribution < 1.29 is 18.8 Å². The summed E-state index contributed by atoms with van der Waals surface area (Å²) in [5.74, 6) is -0.780. The number of benzene rings is 1. The van der Waals surface area contributed by atoms with Crippen molar-refractivity contribution in [1.29, 1.82) is 0 Å². The number of furan rings is 1. The number of carbonyl (C=O) groups is 3. The largest absolute Gasteiger partial charge is 0.455 e. The third-order valence-corrected chi connectivity index (χ3v) is 5.82. The van der Waals surface area contributed by atoms with Crippen molar-refractivity contribution in [2.24, 2.45) is 5.10 Å². The van der Waals surface area contributed by atoms with E-state index in [1.165, 1.54) is 6.20 Å². The van der Waals surface area contributed by atoms with E-state index in [9.17, 15) is 14.4 Å². The van der Waals surface area contributed by atoms with E-state index >= 15 is 0 Å². The summed E-state index contributed by atoms with van der Waals surface area (Å²) in [4.78, 5) is 41.3. The molecule has 9 nitrogen and oxygen atoms in total. The molecule has 2 heterocycles. The molecule has 1 aromatic carbocycles. The van der Waals surface area contributed by atoms with Crippen molar-refractivity contribution in [3.8, 4) is 0 Å². The molecule has 3 aromatic rings. The van der Waals surface area contributed by atoms with Crippen LogP contribution in [0.1, 0.15) is 61.1 Å². The van der Waals surface area contributed by atoms with Crippen LogP contribution in [-0.4, -0.2) is 28.4 Å². The predicted octanol–water partition coefficient (Wildman–Crippen LogP) is 3.29. The molecule has 3 N–H and O–H groups in total. The number of rotatable bonds is 4. The summed E-state index contributed by atoms with van der Waals surface area (Å²) < 4.78 is 6.41. The van der Waals surface area contributed by atoms with Crippen molar-refractivity contribution in [2.75, 3.05) is 0 Å². The number of amides is 3. The Labute approximate surface area is 197 Å². The smallest absolute Gasteiger partial charge is 0.305 e. The summed E-state index contributed by atoms with van der Waals surface area (Å²) in [5, 5.41) is 4.27. The van der Waals surface area contributed by atoms with E-state index in [1.54, 1.807) is 49.4 Å². The van der Waals surface area contributed by atoms with Crippen molar-refractivity contribution in [2.45, 2.75) is 26.2 Å². The molecule has 2 aromatic heterocycles. The topological polar surface area (TPSA) is 126 Å². The molecule has 33 heavy (non-hydrogen) atoms. The molecule has 0 saturated heterocycles. The second-order valence-electron chi connectivity index (χ2n) is 7.31. The Morgan fingerprint density at radius 3 is 2.52 bits per heavy atom. The number of pyridine rings is 1. The van der Waals surface area contributed by atoms with E-state index in [1.807, 2.05) is 0 Å². The quantitative estimate of drug-likeness (QED) is 0.465. The standard InChI is InChI=1S/C23H20BrN5O4/c1-13-19-16(26-28-22(31)17-9-4-5-12-25-17)10-6-11-18(19)33-20(13)23(32)29-27-21(30)14-7-2-3-8-15(14)24/h2-5,7-9,12H,6,10-11H2,1H3,(H,27,30)(H,28,31)(H,29,32)/b26-16+. The minimum atomic E-state index is -0.584. The Hall–Kier alpha value is -3.79. The molecule has 1 aliphatic carbocycles. The Morgan fingerprint density at radius 2 is 1.76 bits per heavy atom. The normalized spacial score (nSPS) is 13.8. The zero-order valence-electron chi connectivity index (χ0n) is 17.6. The molecule has 0 radical (unpaired) electrons. The highest BCUT2D eigenvalue weighted by molar-refractivity contribution is 9.10. The Bertz CT molecular complexity index is 1250. The zero-order valence-corrected chi connectivity index (χ0v) is 19.2. The minimum absolute atomic E-state index is 0.0816. The maximum atomic E-state index is 12.7. The van der Waals surface area contributed by atoms with Gasteiger partial charge in [0, 0.05) is 28.2 Å². The monoisotopic (exact) mass is 509 g/mol. The van der Waals surface area contributed by atoms with Gasteiger partial charge in [-0.25, -0.2) is 5.43 Å². The lowest BCUT2D eigenvalue weighted by molar-refractivity contribution is 0.0829. The summed E-state index contributed by atoms with van der Waals surface area (Å²) in [5.41, 5.74) is 9.85. The predicted molar refractivity (Wildman–Crippen MR) is 124 cm³/mol. The SMILES string of the molecule is Cc1c(C(=O)NNC(=O)c2ccccc2Br)oc2c1/C(=N/NC(=O)c1ccccn1)CCC2. The van der Waals surface area contributed by atoms with Crippen molar-refractivity contribution >= 4 is 39.4 Å². The van der Waals surface area contributed by atoms with Crippen molar-refractivity contribution in [3.63, 3.8) is 0 Å². The van der Waals surface area contributed by atoms with Crippen LogP contribution in [0.3, 0.4) is 0 Å². The fraction of sp³-hybridized carbons (Fsp3) is 0.174. The van der Waals surface area contributed by atoms with Gasteiger partial charge in [0.1, 0.15) is 11.5 Å². The fourth-order valence-electron chi connectivity index (χ4n) is 3.55. The second kappa shape index (κ2) is 9.78. The molecule has 0 saturated carbocycles. The Kier molecular flexibility index (Phi) is 6.64. The third kappa shape index (κ3) is 4.85. The number of carbonyl (C=O) groups excluding carboxylic acids is 3. The maximum Gasteiger partial charge on any atom is 0.305 e. The first-order chi connectivity index (χ1) is 16.0. The van der Waals surface area contributed by atoms with Gasteiger partial charge < -0.3 is 4.42 Å². The fourth-order valence-corrected chi connectivity index (χ4v) is 4.02. The lowest BCUT2D eigenvalue weighted by Crippen LogP contribution is -2.41. The molecule has 3 amide bonds. The van der Waals surface area contributed by atoms with E-state index in [2.05, 4.69) is 42.3 Å². The number of fused-ring (bicyclic) bond motifs is 1. The number of nitrogens with one attached hydrogen (secondary N) is 3. The number of aromatic nitrogens is 1. The molecule has 168 valence electrons. The molecule has 10 heteroatoms. The third-order valence-electron chi connectivity index (χ3n) is 5.13. The van der Waals surface area contributed by atoms with Crippen LogP contribution in [0.15, 0.2) is 62.7 Å². The molecular weight excluding hydrogens is 490 g/mol. The van der Waals surface area contributed by atoms with Gasteiger partial charge in [0.2, 0.25) is 0 Å². The molecule has 0 unspecified atom stereocenters. The number of hydrogen-bond donors (Lipinski definition) is 3. The summed E-state index contributed by atoms with van der Waals surface area (Å²) in [6.07, 6.45) is 3.55. The summed E-state index contributed by atoms with van der Waals surface area (Å²) in [6.45, 7) is 1.74. The summed E-state index contributed by atoms with van der Waals surface area (Å²) in [6, 6.07) is 11.9. The first kappa shape index (κ1) is 22.4. The molecule has 0 spiro atoms. The van der Waals surface area contributed by atoms with Crippen LogP contribution in [0, 0.1) is 6.92 Å². The van der Waals surface area contributed by atoms with Crippen LogP contribution in [0.25, 0.3) is 0 Å². The molecular formula is C23H20BrN5O4. The van der Waals surface area contributed by atoms with Gasteiger partial charge in [0.25, 0.3) is 11.8 Å². The molecule has 0 atom stereocenters. The van der Waals surface area contributed by atoms with Gasteiger partial charge in [-0.1, -0.05) is 18.2 Å². The number of halogens is 1. The molecule has 0 aliphatic heterocycles. The van der Waals surface area contributed by atoms with Gasteiger partial charge in [-0.05, 0) is 60.0 Å². The van der Waals surface area contributed by atoms with Gasteiger partial charge in [-0.15, -0.1) is 0 Å². The van der Waals surface area contributed by atoms with Crippen LogP contribution >= 0.6 is 15.9 Å². The summed E-state index contributed by atoms with van der Waals surface area (Å²) >= 11 is 3.31. The van der Waals surface area contributed by atoms with Gasteiger partial charge in [0.15, 0.2) is 5.76 Å². The van der Waals surface area contributed by atoms with Crippen LogP contribution < -0.4 is 16.3 Å². The van der Waals surface area contributed by atoms with E-state index < -0.39 is 17.7 Å². The molecule has 4 rings (SSSR count). The average molecular weight is 510 g/mol. The van der Waals surface area contributed by atoms with E-state index in [0.29, 0.717) is 45.5 Å². The highest BCUT2D eigenvalue weighted by Gasteiger charge is 2.28. The molecule has 1 aliphatic rings. The lowest BCUT2D eigenvalue weighted by atomic mass is 9.93. The highest BCUT2D eigenvalue weighted by atomic mass is 79.9. The first-order valence-electron chi connectivity index (χ1n) is 10.2. The number of hydrazine groups is 1. The van der Waals surface area contributed by atoms with Gasteiger partial charge in [-0.2, -0.15) is 5.10 Å². The lowest BCUT2D eigenvalue weighted by Gasteiger charge is -2.13. The van der Waals surface area contributed by atoms with Crippen molar-refractivity contribution in [3.05, 3.63) is 87.0 Å². The van der Waals surface area contributed by atoms with Gasteiger partial charge >= 0.3 is 5.91 Å². The number of aryl methyl sites for hydroxylation is 1. The Balaban J connectivity index is 1.49. The second-order valence-corrected chi connectivity index (χ2v) is 8.16. The van der Waals surface area contributed by atoms with E-state index in [4.69, 9.17) is 4.42 Å². The number of nitrogens with zero attached hydrogens (tertiary/aromatic N) is 2. The maximum absolute atomic E-state index is 12.7.